The topological polar surface area (TPSA) is 29.9 Å². The lowest BCUT2D eigenvalue weighted by molar-refractivity contribution is 0.418. The van der Waals surface area contributed by atoms with Gasteiger partial charge < -0.3 is 9.88 Å². The Bertz CT molecular complexity index is 629. The second-order valence-electron chi connectivity index (χ2n) is 6.00. The normalized spacial score (nSPS) is 18.5. The highest BCUT2D eigenvalue weighted by Gasteiger charge is 2.19. The van der Waals surface area contributed by atoms with Crippen LogP contribution in [0.4, 0.5) is 5.69 Å². The Kier molecular flexibility index (Phi) is 3.63. The van der Waals surface area contributed by atoms with E-state index in [2.05, 4.69) is 44.8 Å². The Balaban J connectivity index is 1.64. The largest absolute Gasteiger partial charge is 0.384 e. The van der Waals surface area contributed by atoms with Crippen LogP contribution in [0.2, 0.25) is 0 Å². The minimum Gasteiger partial charge on any atom is -0.384 e. The van der Waals surface area contributed by atoms with Crippen molar-refractivity contribution in [1.29, 1.82) is 0 Å². The van der Waals surface area contributed by atoms with Crippen LogP contribution in [0.3, 0.4) is 0 Å². The van der Waals surface area contributed by atoms with E-state index in [1.165, 1.54) is 46.9 Å². The standard InChI is InChI=1S/C17H21N3S/c1-2-14-4-7-19-17(14)15(3-1)16-10-18-12-20(16)11-13-5-8-21-9-6-13/h1-3,10,12-13,19H,4-9,11H2. The molecule has 0 amide bonds. The van der Waals surface area contributed by atoms with Crippen molar-refractivity contribution in [3.8, 4) is 11.3 Å². The zero-order valence-corrected chi connectivity index (χ0v) is 13.0. The van der Waals surface area contributed by atoms with Crippen molar-refractivity contribution in [2.45, 2.75) is 25.8 Å². The van der Waals surface area contributed by atoms with Crippen molar-refractivity contribution in [2.24, 2.45) is 5.92 Å². The fraction of sp³-hybridized carbons (Fsp3) is 0.471. The molecule has 0 aliphatic carbocycles. The lowest BCUT2D eigenvalue weighted by Gasteiger charge is -2.23. The van der Waals surface area contributed by atoms with E-state index in [1.807, 2.05) is 12.5 Å². The number of thioether (sulfide) groups is 1. The Hall–Kier alpha value is -1.42. The van der Waals surface area contributed by atoms with Gasteiger partial charge in [-0.05, 0) is 42.2 Å². The minimum atomic E-state index is 0.809. The lowest BCUT2D eigenvalue weighted by atomic mass is 10.0. The number of nitrogens with zero attached hydrogens (tertiary/aromatic N) is 2. The highest BCUT2D eigenvalue weighted by atomic mass is 32.2. The number of benzene rings is 1. The van der Waals surface area contributed by atoms with Crippen LogP contribution < -0.4 is 5.32 Å². The number of hydrogen-bond donors (Lipinski definition) is 1. The Labute approximate surface area is 130 Å². The van der Waals surface area contributed by atoms with E-state index < -0.39 is 0 Å². The van der Waals surface area contributed by atoms with Gasteiger partial charge in [-0.25, -0.2) is 4.98 Å². The molecule has 3 nitrogen and oxygen atoms in total. The third-order valence-electron chi connectivity index (χ3n) is 4.63. The van der Waals surface area contributed by atoms with Gasteiger partial charge in [0.2, 0.25) is 0 Å². The average molecular weight is 299 g/mol. The van der Waals surface area contributed by atoms with Gasteiger partial charge in [0.25, 0.3) is 0 Å². The van der Waals surface area contributed by atoms with Crippen molar-refractivity contribution >= 4 is 17.4 Å². The second-order valence-corrected chi connectivity index (χ2v) is 7.23. The van der Waals surface area contributed by atoms with Gasteiger partial charge in [0, 0.05) is 24.3 Å². The Morgan fingerprint density at radius 2 is 2.19 bits per heavy atom. The molecule has 0 atom stereocenters. The van der Waals surface area contributed by atoms with Crippen LogP contribution in [0.15, 0.2) is 30.7 Å². The maximum atomic E-state index is 4.42. The quantitative estimate of drug-likeness (QED) is 0.938. The first-order chi connectivity index (χ1) is 10.4. The van der Waals surface area contributed by atoms with Crippen LogP contribution in [0.1, 0.15) is 18.4 Å². The van der Waals surface area contributed by atoms with Gasteiger partial charge in [-0.1, -0.05) is 18.2 Å². The first-order valence-electron chi connectivity index (χ1n) is 7.86. The van der Waals surface area contributed by atoms with Gasteiger partial charge in [0.05, 0.1) is 18.2 Å². The Morgan fingerprint density at radius 3 is 3.10 bits per heavy atom. The average Bonchev–Trinajstić information content (AvgIpc) is 3.16. The van der Waals surface area contributed by atoms with Crippen molar-refractivity contribution in [2.75, 3.05) is 23.4 Å². The Morgan fingerprint density at radius 1 is 1.29 bits per heavy atom. The van der Waals surface area contributed by atoms with Gasteiger partial charge in [-0.3, -0.25) is 0 Å². The predicted molar refractivity (Wildman–Crippen MR) is 89.9 cm³/mol. The smallest absolute Gasteiger partial charge is 0.0951 e. The maximum Gasteiger partial charge on any atom is 0.0951 e. The molecule has 1 fully saturated rings. The number of aromatic nitrogens is 2. The van der Waals surface area contributed by atoms with E-state index in [0.29, 0.717) is 0 Å². The molecule has 2 aliphatic rings. The molecule has 110 valence electrons. The van der Waals surface area contributed by atoms with Crippen LogP contribution in [-0.2, 0) is 13.0 Å². The molecule has 0 unspecified atom stereocenters. The molecular weight excluding hydrogens is 278 g/mol. The predicted octanol–water partition coefficient (Wildman–Crippen LogP) is 3.66. The van der Waals surface area contributed by atoms with E-state index in [0.717, 1.165) is 25.4 Å². The summed E-state index contributed by atoms with van der Waals surface area (Å²) in [5, 5.41) is 3.54. The minimum absolute atomic E-state index is 0.809. The third kappa shape index (κ3) is 2.57. The van der Waals surface area contributed by atoms with Crippen LogP contribution in [0.5, 0.6) is 0 Å². The number of anilines is 1. The fourth-order valence-electron chi connectivity index (χ4n) is 3.45. The number of fused-ring (bicyclic) bond motifs is 1. The lowest BCUT2D eigenvalue weighted by Crippen LogP contribution is -2.16. The van der Waals surface area contributed by atoms with Crippen molar-refractivity contribution in [3.63, 3.8) is 0 Å². The maximum absolute atomic E-state index is 4.42. The van der Waals surface area contributed by atoms with Crippen LogP contribution in [-0.4, -0.2) is 27.6 Å². The van der Waals surface area contributed by atoms with Crippen LogP contribution >= 0.6 is 11.8 Å². The van der Waals surface area contributed by atoms with Crippen LogP contribution in [0, 0.1) is 5.92 Å². The van der Waals surface area contributed by atoms with Gasteiger partial charge >= 0.3 is 0 Å². The molecule has 1 saturated heterocycles. The molecule has 0 saturated carbocycles. The van der Waals surface area contributed by atoms with E-state index in [-0.39, 0.29) is 0 Å². The molecule has 1 aromatic carbocycles. The van der Waals surface area contributed by atoms with Crippen molar-refractivity contribution < 1.29 is 0 Å². The van der Waals surface area contributed by atoms with Crippen molar-refractivity contribution in [3.05, 3.63) is 36.3 Å². The first-order valence-corrected chi connectivity index (χ1v) is 9.01. The number of rotatable bonds is 3. The third-order valence-corrected chi connectivity index (χ3v) is 5.68. The van der Waals surface area contributed by atoms with E-state index in [4.69, 9.17) is 0 Å². The first kappa shape index (κ1) is 13.3. The summed E-state index contributed by atoms with van der Waals surface area (Å²) in [6.07, 6.45) is 7.84. The summed E-state index contributed by atoms with van der Waals surface area (Å²) in [5.74, 6) is 3.44. The molecule has 1 aromatic heterocycles. The highest BCUT2D eigenvalue weighted by molar-refractivity contribution is 7.99. The van der Waals surface area contributed by atoms with E-state index in [1.54, 1.807) is 0 Å². The molecular formula is C17H21N3S. The number of hydrogen-bond acceptors (Lipinski definition) is 3. The summed E-state index contributed by atoms with van der Waals surface area (Å²) in [6, 6.07) is 6.63. The van der Waals surface area contributed by atoms with Crippen LogP contribution in [0.25, 0.3) is 11.3 Å². The molecule has 2 aromatic rings. The van der Waals surface area contributed by atoms with E-state index >= 15 is 0 Å². The summed E-state index contributed by atoms with van der Waals surface area (Å²) >= 11 is 2.09. The molecule has 0 spiro atoms. The zero-order valence-electron chi connectivity index (χ0n) is 12.2. The highest BCUT2D eigenvalue weighted by Crippen LogP contribution is 2.35. The van der Waals surface area contributed by atoms with E-state index in [9.17, 15) is 0 Å². The molecule has 0 radical (unpaired) electrons. The molecule has 4 heteroatoms. The van der Waals surface area contributed by atoms with Gasteiger partial charge in [-0.2, -0.15) is 11.8 Å². The van der Waals surface area contributed by atoms with Gasteiger partial charge in [0.1, 0.15) is 0 Å². The molecule has 4 rings (SSSR count). The zero-order chi connectivity index (χ0) is 14.1. The molecule has 21 heavy (non-hydrogen) atoms. The second kappa shape index (κ2) is 5.76. The summed E-state index contributed by atoms with van der Waals surface area (Å²) < 4.78 is 2.36. The molecule has 1 N–H and O–H groups in total. The van der Waals surface area contributed by atoms with Crippen molar-refractivity contribution in [1.82, 2.24) is 9.55 Å². The van der Waals surface area contributed by atoms with Gasteiger partial charge in [-0.15, -0.1) is 0 Å². The molecule has 2 aliphatic heterocycles. The summed E-state index contributed by atoms with van der Waals surface area (Å²) in [7, 11) is 0. The molecule has 0 bridgehead atoms. The fourth-order valence-corrected chi connectivity index (χ4v) is 4.65. The summed E-state index contributed by atoms with van der Waals surface area (Å²) in [5.41, 5.74) is 5.33. The molecule has 3 heterocycles. The SMILES string of the molecule is c1cc2c(c(-c3cncn3CC3CCSCC3)c1)NCC2. The number of para-hydroxylation sites is 1. The number of imidazole rings is 1. The monoisotopic (exact) mass is 299 g/mol. The number of nitrogens with one attached hydrogen (secondary N) is 1. The summed E-state index contributed by atoms with van der Waals surface area (Å²) in [6.45, 7) is 2.17. The van der Waals surface area contributed by atoms with Gasteiger partial charge in [0.15, 0.2) is 0 Å². The summed E-state index contributed by atoms with van der Waals surface area (Å²) in [4.78, 5) is 4.42.